The molecule has 4 nitrogen and oxygen atoms in total. The van der Waals surface area contributed by atoms with Crippen molar-refractivity contribution in [1.29, 1.82) is 0 Å². The first kappa shape index (κ1) is 12.7. The third-order valence-corrected chi connectivity index (χ3v) is 4.70. The molecule has 1 aliphatic heterocycles. The third kappa shape index (κ3) is 1.96. The number of hydrogen-bond acceptors (Lipinski definition) is 2. The van der Waals surface area contributed by atoms with Crippen LogP contribution in [0.15, 0.2) is 22.7 Å². The van der Waals surface area contributed by atoms with Crippen LogP contribution in [0.2, 0.25) is 0 Å². The molecule has 1 heterocycles. The highest BCUT2D eigenvalue weighted by Crippen LogP contribution is 2.40. The van der Waals surface area contributed by atoms with E-state index in [1.54, 1.807) is 11.9 Å². The second-order valence-corrected chi connectivity index (χ2v) is 5.93. The topological polar surface area (TPSA) is 40.6 Å². The van der Waals surface area contributed by atoms with E-state index in [1.807, 2.05) is 18.2 Å². The van der Waals surface area contributed by atoms with E-state index in [2.05, 4.69) is 15.9 Å². The van der Waals surface area contributed by atoms with Crippen LogP contribution in [0.1, 0.15) is 30.0 Å². The van der Waals surface area contributed by atoms with Gasteiger partial charge in [0.2, 0.25) is 5.91 Å². The summed E-state index contributed by atoms with van der Waals surface area (Å²) >= 11 is 3.54. The molecule has 1 atom stereocenters. The van der Waals surface area contributed by atoms with Crippen molar-refractivity contribution >= 4 is 27.9 Å². The van der Waals surface area contributed by atoms with Gasteiger partial charge in [-0.25, -0.2) is 4.79 Å². The van der Waals surface area contributed by atoms with Crippen LogP contribution in [0.3, 0.4) is 0 Å². The molecule has 1 fully saturated rings. The van der Waals surface area contributed by atoms with E-state index in [0.29, 0.717) is 13.0 Å². The molecule has 1 aromatic rings. The van der Waals surface area contributed by atoms with E-state index in [1.165, 1.54) is 10.5 Å². The van der Waals surface area contributed by atoms with E-state index in [4.69, 9.17) is 0 Å². The maximum atomic E-state index is 12.2. The van der Waals surface area contributed by atoms with Gasteiger partial charge in [0.15, 0.2) is 0 Å². The number of nitrogens with zero attached hydrogens (tertiary/aromatic N) is 2. The first-order chi connectivity index (χ1) is 9.09. The molecular weight excluding hydrogens is 308 g/mol. The molecule has 1 aromatic carbocycles. The highest BCUT2D eigenvalue weighted by atomic mass is 79.9. The number of halogens is 1. The minimum absolute atomic E-state index is 0.0547. The van der Waals surface area contributed by atoms with Gasteiger partial charge in [0, 0.05) is 24.5 Å². The van der Waals surface area contributed by atoms with Crippen LogP contribution in [0.4, 0.5) is 4.79 Å². The molecule has 0 saturated carbocycles. The third-order valence-electron chi connectivity index (χ3n) is 3.96. The highest BCUT2D eigenvalue weighted by molar-refractivity contribution is 9.10. The fraction of sp³-hybridized carbons (Fsp3) is 0.429. The van der Waals surface area contributed by atoms with Crippen molar-refractivity contribution in [3.8, 4) is 0 Å². The smallest absolute Gasteiger partial charge is 0.327 e. The van der Waals surface area contributed by atoms with E-state index >= 15 is 0 Å². The van der Waals surface area contributed by atoms with Gasteiger partial charge < -0.3 is 4.90 Å². The Balaban J connectivity index is 1.99. The minimum Gasteiger partial charge on any atom is -0.327 e. The first-order valence-corrected chi connectivity index (χ1v) is 7.23. The summed E-state index contributed by atoms with van der Waals surface area (Å²) in [6.45, 7) is 0.520. The fourth-order valence-electron chi connectivity index (χ4n) is 2.93. The van der Waals surface area contributed by atoms with Crippen LogP contribution in [-0.4, -0.2) is 35.3 Å². The normalized spacial score (nSPS) is 22.9. The Morgan fingerprint density at radius 2 is 2.05 bits per heavy atom. The highest BCUT2D eigenvalue weighted by Gasteiger charge is 2.39. The van der Waals surface area contributed by atoms with Crippen LogP contribution in [0, 0.1) is 0 Å². The Morgan fingerprint density at radius 1 is 1.26 bits per heavy atom. The second kappa shape index (κ2) is 4.63. The summed E-state index contributed by atoms with van der Waals surface area (Å²) in [5, 5.41) is 0. The maximum absolute atomic E-state index is 12.2. The van der Waals surface area contributed by atoms with Crippen LogP contribution in [0.25, 0.3) is 0 Å². The molecule has 0 aromatic heterocycles. The van der Waals surface area contributed by atoms with Crippen molar-refractivity contribution in [3.05, 3.63) is 33.8 Å². The molecule has 19 heavy (non-hydrogen) atoms. The van der Waals surface area contributed by atoms with E-state index < -0.39 is 0 Å². The lowest BCUT2D eigenvalue weighted by Gasteiger charge is -2.35. The molecule has 1 unspecified atom stereocenters. The molecule has 0 spiro atoms. The molecule has 0 N–H and O–H groups in total. The number of hydrogen-bond donors (Lipinski definition) is 0. The molecule has 3 amide bonds. The number of amides is 3. The Morgan fingerprint density at radius 3 is 2.84 bits per heavy atom. The summed E-state index contributed by atoms with van der Waals surface area (Å²) in [6, 6.07) is 5.72. The zero-order chi connectivity index (χ0) is 13.6. The summed E-state index contributed by atoms with van der Waals surface area (Å²) in [7, 11) is 1.75. The number of imide groups is 1. The quantitative estimate of drug-likeness (QED) is 0.797. The molecule has 5 heteroatoms. The standard InChI is InChI=1S/C14H15BrN2O2/c1-16-8-7-13(18)17(14(16)19)12-6-5-9-10(12)3-2-4-11(9)15/h2-4,12H,5-8H2,1H3. The molecule has 0 bridgehead atoms. The molecule has 1 saturated heterocycles. The van der Waals surface area contributed by atoms with Gasteiger partial charge in [-0.05, 0) is 30.0 Å². The molecule has 3 rings (SSSR count). The second-order valence-electron chi connectivity index (χ2n) is 5.08. The lowest BCUT2D eigenvalue weighted by molar-refractivity contribution is -0.132. The van der Waals surface area contributed by atoms with Crippen molar-refractivity contribution in [2.24, 2.45) is 0 Å². The van der Waals surface area contributed by atoms with Crippen molar-refractivity contribution in [2.45, 2.75) is 25.3 Å². The lowest BCUT2D eigenvalue weighted by Crippen LogP contribution is -2.51. The van der Waals surface area contributed by atoms with E-state index in [0.717, 1.165) is 22.9 Å². The molecule has 0 radical (unpaired) electrons. The summed E-state index contributed by atoms with van der Waals surface area (Å²) in [6.07, 6.45) is 2.15. The van der Waals surface area contributed by atoms with Crippen LogP contribution < -0.4 is 0 Å². The average Bonchev–Trinajstić information content (AvgIpc) is 2.80. The summed E-state index contributed by atoms with van der Waals surface area (Å²) in [5.41, 5.74) is 2.33. The van der Waals surface area contributed by atoms with Crippen molar-refractivity contribution < 1.29 is 9.59 Å². The lowest BCUT2D eigenvalue weighted by atomic mass is 10.1. The van der Waals surface area contributed by atoms with Crippen LogP contribution in [-0.2, 0) is 11.2 Å². The predicted molar refractivity (Wildman–Crippen MR) is 74.7 cm³/mol. The Hall–Kier alpha value is -1.36. The number of rotatable bonds is 1. The largest absolute Gasteiger partial charge is 0.327 e. The number of urea groups is 1. The van der Waals surface area contributed by atoms with Gasteiger partial charge in [-0.1, -0.05) is 28.1 Å². The van der Waals surface area contributed by atoms with Gasteiger partial charge in [0.25, 0.3) is 0 Å². The van der Waals surface area contributed by atoms with Gasteiger partial charge >= 0.3 is 6.03 Å². The number of benzene rings is 1. The number of fused-ring (bicyclic) bond motifs is 1. The van der Waals surface area contributed by atoms with E-state index in [-0.39, 0.29) is 18.0 Å². The van der Waals surface area contributed by atoms with Crippen LogP contribution >= 0.6 is 15.9 Å². The van der Waals surface area contributed by atoms with Gasteiger partial charge in [-0.15, -0.1) is 0 Å². The SMILES string of the molecule is CN1CCC(=O)N(C2CCc3c(Br)cccc32)C1=O. The van der Waals surface area contributed by atoms with Gasteiger partial charge in [-0.3, -0.25) is 9.69 Å². The summed E-state index contributed by atoms with van der Waals surface area (Å²) in [4.78, 5) is 27.4. The summed E-state index contributed by atoms with van der Waals surface area (Å²) in [5.74, 6) is -0.0547. The number of carbonyl (C=O) groups excluding carboxylic acids is 2. The Bertz CT molecular complexity index is 558. The van der Waals surface area contributed by atoms with Crippen molar-refractivity contribution in [3.63, 3.8) is 0 Å². The van der Waals surface area contributed by atoms with Crippen molar-refractivity contribution in [2.75, 3.05) is 13.6 Å². The van der Waals surface area contributed by atoms with E-state index in [9.17, 15) is 9.59 Å². The Labute approximate surface area is 120 Å². The maximum Gasteiger partial charge on any atom is 0.327 e. The van der Waals surface area contributed by atoms with Gasteiger partial charge in [0.05, 0.1) is 6.04 Å². The minimum atomic E-state index is -0.172. The summed E-state index contributed by atoms with van der Waals surface area (Å²) < 4.78 is 1.07. The monoisotopic (exact) mass is 322 g/mol. The first-order valence-electron chi connectivity index (χ1n) is 6.44. The van der Waals surface area contributed by atoms with Crippen molar-refractivity contribution in [1.82, 2.24) is 9.80 Å². The molecule has 100 valence electrons. The zero-order valence-corrected chi connectivity index (χ0v) is 12.3. The Kier molecular flexibility index (Phi) is 3.09. The zero-order valence-electron chi connectivity index (χ0n) is 10.7. The fourth-order valence-corrected chi connectivity index (χ4v) is 3.51. The molecular formula is C14H15BrN2O2. The predicted octanol–water partition coefficient (Wildman–Crippen LogP) is 2.72. The molecule has 2 aliphatic rings. The van der Waals surface area contributed by atoms with Gasteiger partial charge in [0.1, 0.15) is 0 Å². The number of carbonyl (C=O) groups is 2. The average molecular weight is 323 g/mol. The van der Waals surface area contributed by atoms with Crippen LogP contribution in [0.5, 0.6) is 0 Å². The van der Waals surface area contributed by atoms with Gasteiger partial charge in [-0.2, -0.15) is 0 Å². The molecule has 1 aliphatic carbocycles.